The van der Waals surface area contributed by atoms with Crippen molar-refractivity contribution in [1.29, 1.82) is 0 Å². The van der Waals surface area contributed by atoms with Crippen LogP contribution in [0.3, 0.4) is 0 Å². The van der Waals surface area contributed by atoms with Gasteiger partial charge in [-0.1, -0.05) is 52.9 Å². The highest BCUT2D eigenvalue weighted by atomic mass is 15.2. The second-order valence-corrected chi connectivity index (χ2v) is 4.28. The van der Waals surface area contributed by atoms with Crippen LogP contribution in [0.1, 0.15) is 65.7 Å². The summed E-state index contributed by atoms with van der Waals surface area (Å²) in [6.45, 7) is 6.79. The summed E-state index contributed by atoms with van der Waals surface area (Å²) in [5.74, 6) is 6.41. The lowest BCUT2D eigenvalue weighted by atomic mass is 9.92. The number of nitrogens with one attached hydrogen (secondary N) is 1. The van der Waals surface area contributed by atoms with Crippen LogP contribution in [0.25, 0.3) is 0 Å². The van der Waals surface area contributed by atoms with Crippen molar-refractivity contribution in [3.05, 3.63) is 0 Å². The standard InChI is InChI=1S/C12H28N2/c1-4-7-8-9-12(14-13)10-11(5-2)6-3/h11-12,14H,4-10,13H2,1-3H3. The zero-order chi connectivity index (χ0) is 10.8. The molecule has 14 heavy (non-hydrogen) atoms. The van der Waals surface area contributed by atoms with E-state index in [1.54, 1.807) is 0 Å². The van der Waals surface area contributed by atoms with E-state index in [0.29, 0.717) is 6.04 Å². The first-order chi connectivity index (χ1) is 6.78. The fraction of sp³-hybridized carbons (Fsp3) is 1.00. The van der Waals surface area contributed by atoms with E-state index in [9.17, 15) is 0 Å². The smallest absolute Gasteiger partial charge is 0.0213 e. The first kappa shape index (κ1) is 13.9. The average Bonchev–Trinajstić information content (AvgIpc) is 2.23. The third-order valence-corrected chi connectivity index (χ3v) is 3.16. The third kappa shape index (κ3) is 6.39. The van der Waals surface area contributed by atoms with Crippen molar-refractivity contribution >= 4 is 0 Å². The van der Waals surface area contributed by atoms with Gasteiger partial charge >= 0.3 is 0 Å². The predicted octanol–water partition coefficient (Wildman–Crippen LogP) is 3.22. The lowest BCUT2D eigenvalue weighted by Gasteiger charge is -2.21. The first-order valence-corrected chi connectivity index (χ1v) is 6.24. The van der Waals surface area contributed by atoms with E-state index in [-0.39, 0.29) is 0 Å². The van der Waals surface area contributed by atoms with Gasteiger partial charge in [-0.2, -0.15) is 0 Å². The number of unbranched alkanes of at least 4 members (excludes halogenated alkanes) is 2. The summed E-state index contributed by atoms with van der Waals surface area (Å²) in [5.41, 5.74) is 2.96. The van der Waals surface area contributed by atoms with Crippen LogP contribution >= 0.6 is 0 Å². The van der Waals surface area contributed by atoms with Crippen LogP contribution in [0.5, 0.6) is 0 Å². The zero-order valence-corrected chi connectivity index (χ0v) is 10.2. The Kier molecular flexibility index (Phi) is 9.42. The molecule has 0 amide bonds. The molecular weight excluding hydrogens is 172 g/mol. The van der Waals surface area contributed by atoms with Gasteiger partial charge in [0.25, 0.3) is 0 Å². The molecule has 0 spiro atoms. The molecule has 0 aromatic heterocycles. The molecule has 0 aliphatic carbocycles. The van der Waals surface area contributed by atoms with Gasteiger partial charge in [0, 0.05) is 6.04 Å². The molecule has 0 aromatic carbocycles. The maximum absolute atomic E-state index is 5.56. The quantitative estimate of drug-likeness (QED) is 0.341. The van der Waals surface area contributed by atoms with E-state index in [1.165, 1.54) is 44.9 Å². The van der Waals surface area contributed by atoms with E-state index in [4.69, 9.17) is 5.84 Å². The Morgan fingerprint density at radius 2 is 1.71 bits per heavy atom. The van der Waals surface area contributed by atoms with Gasteiger partial charge in [0.05, 0.1) is 0 Å². The van der Waals surface area contributed by atoms with Gasteiger partial charge in [0.2, 0.25) is 0 Å². The molecule has 1 unspecified atom stereocenters. The second-order valence-electron chi connectivity index (χ2n) is 4.28. The van der Waals surface area contributed by atoms with Crippen LogP contribution < -0.4 is 11.3 Å². The van der Waals surface area contributed by atoms with Crippen LogP contribution in [-0.2, 0) is 0 Å². The van der Waals surface area contributed by atoms with Crippen LogP contribution in [-0.4, -0.2) is 6.04 Å². The van der Waals surface area contributed by atoms with Crippen molar-refractivity contribution in [2.75, 3.05) is 0 Å². The van der Waals surface area contributed by atoms with Crippen molar-refractivity contribution in [2.24, 2.45) is 11.8 Å². The van der Waals surface area contributed by atoms with Gasteiger partial charge in [-0.25, -0.2) is 0 Å². The van der Waals surface area contributed by atoms with Crippen LogP contribution in [0.4, 0.5) is 0 Å². The Bertz CT molecular complexity index is 111. The number of rotatable bonds is 9. The maximum Gasteiger partial charge on any atom is 0.0213 e. The highest BCUT2D eigenvalue weighted by Crippen LogP contribution is 2.17. The molecule has 1 atom stereocenters. The van der Waals surface area contributed by atoms with Gasteiger partial charge in [-0.05, 0) is 18.8 Å². The summed E-state index contributed by atoms with van der Waals surface area (Å²) >= 11 is 0. The van der Waals surface area contributed by atoms with Crippen LogP contribution in [0, 0.1) is 5.92 Å². The van der Waals surface area contributed by atoms with Gasteiger partial charge in [0.15, 0.2) is 0 Å². The van der Waals surface area contributed by atoms with Crippen molar-refractivity contribution in [2.45, 2.75) is 71.8 Å². The van der Waals surface area contributed by atoms with Gasteiger partial charge in [-0.3, -0.25) is 11.3 Å². The van der Waals surface area contributed by atoms with Crippen molar-refractivity contribution < 1.29 is 0 Å². The van der Waals surface area contributed by atoms with E-state index < -0.39 is 0 Å². The molecule has 3 N–H and O–H groups in total. The Hall–Kier alpha value is -0.0800. The Labute approximate surface area is 89.6 Å². The molecule has 86 valence electrons. The minimum absolute atomic E-state index is 0.534. The summed E-state index contributed by atoms with van der Waals surface area (Å²) in [6.07, 6.45) is 8.98. The number of hydrogen-bond acceptors (Lipinski definition) is 2. The minimum atomic E-state index is 0.534. The second kappa shape index (κ2) is 9.47. The molecule has 0 aromatic rings. The first-order valence-electron chi connectivity index (χ1n) is 6.24. The summed E-state index contributed by atoms with van der Waals surface area (Å²) in [4.78, 5) is 0. The fourth-order valence-corrected chi connectivity index (χ4v) is 1.93. The summed E-state index contributed by atoms with van der Waals surface area (Å²) in [7, 11) is 0. The zero-order valence-electron chi connectivity index (χ0n) is 10.2. The highest BCUT2D eigenvalue weighted by molar-refractivity contribution is 4.68. The topological polar surface area (TPSA) is 38.0 Å². The Morgan fingerprint density at radius 3 is 2.14 bits per heavy atom. The van der Waals surface area contributed by atoms with Crippen LogP contribution in [0.2, 0.25) is 0 Å². The molecular formula is C12H28N2. The normalized spacial score (nSPS) is 13.5. The average molecular weight is 200 g/mol. The van der Waals surface area contributed by atoms with E-state index in [1.807, 2.05) is 0 Å². The molecule has 0 heterocycles. The summed E-state index contributed by atoms with van der Waals surface area (Å²) in [5, 5.41) is 0. The van der Waals surface area contributed by atoms with E-state index >= 15 is 0 Å². The molecule has 0 saturated carbocycles. The Morgan fingerprint density at radius 1 is 1.07 bits per heavy atom. The largest absolute Gasteiger partial charge is 0.271 e. The maximum atomic E-state index is 5.56. The fourth-order valence-electron chi connectivity index (χ4n) is 1.93. The molecule has 0 rings (SSSR count). The van der Waals surface area contributed by atoms with Gasteiger partial charge < -0.3 is 0 Å². The lowest BCUT2D eigenvalue weighted by molar-refractivity contribution is 0.348. The van der Waals surface area contributed by atoms with Crippen LogP contribution in [0.15, 0.2) is 0 Å². The molecule has 0 saturated heterocycles. The molecule has 2 nitrogen and oxygen atoms in total. The number of hydrazine groups is 1. The van der Waals surface area contributed by atoms with Crippen molar-refractivity contribution in [1.82, 2.24) is 5.43 Å². The third-order valence-electron chi connectivity index (χ3n) is 3.16. The molecule has 0 bridgehead atoms. The lowest BCUT2D eigenvalue weighted by Crippen LogP contribution is -2.36. The number of nitrogens with two attached hydrogens (primary N) is 1. The van der Waals surface area contributed by atoms with E-state index in [0.717, 1.165) is 5.92 Å². The minimum Gasteiger partial charge on any atom is -0.271 e. The van der Waals surface area contributed by atoms with Crippen molar-refractivity contribution in [3.63, 3.8) is 0 Å². The molecule has 2 heteroatoms. The SMILES string of the molecule is CCCCCC(CC(CC)CC)NN. The summed E-state index contributed by atoms with van der Waals surface area (Å²) in [6, 6.07) is 0.534. The summed E-state index contributed by atoms with van der Waals surface area (Å²) < 4.78 is 0. The molecule has 0 aliphatic heterocycles. The Balaban J connectivity index is 3.65. The van der Waals surface area contributed by atoms with Gasteiger partial charge in [-0.15, -0.1) is 0 Å². The predicted molar refractivity (Wildman–Crippen MR) is 63.9 cm³/mol. The monoisotopic (exact) mass is 200 g/mol. The van der Waals surface area contributed by atoms with E-state index in [2.05, 4.69) is 26.2 Å². The molecule has 0 aliphatic rings. The molecule has 0 radical (unpaired) electrons. The molecule has 0 fully saturated rings. The number of hydrogen-bond donors (Lipinski definition) is 2. The highest BCUT2D eigenvalue weighted by Gasteiger charge is 2.11. The van der Waals surface area contributed by atoms with Crippen molar-refractivity contribution in [3.8, 4) is 0 Å². The van der Waals surface area contributed by atoms with Gasteiger partial charge in [0.1, 0.15) is 0 Å².